The third-order valence-corrected chi connectivity index (χ3v) is 2.28. The summed E-state index contributed by atoms with van der Waals surface area (Å²) < 4.78 is 0. The molecule has 0 heterocycles. The fraction of sp³-hybridized carbons (Fsp3) is 0.833. The standard InChI is InChI=1S/C12H24O/c1-3-4-5-6-7-8-9-10-11-12(2)13/h3,12-13H,1,4-11H2,2H3/t12-/m0/s1. The number of aliphatic hydroxyl groups excluding tert-OH is 1. The molecule has 1 atom stereocenters. The first-order valence-corrected chi connectivity index (χ1v) is 5.56. The molecule has 0 aromatic heterocycles. The van der Waals surface area contributed by atoms with E-state index < -0.39 is 0 Å². The van der Waals surface area contributed by atoms with Crippen molar-refractivity contribution in [3.8, 4) is 0 Å². The lowest BCUT2D eigenvalue weighted by Gasteiger charge is -2.03. The Morgan fingerprint density at radius 2 is 1.62 bits per heavy atom. The van der Waals surface area contributed by atoms with Crippen molar-refractivity contribution in [1.82, 2.24) is 0 Å². The molecule has 1 heteroatoms. The van der Waals surface area contributed by atoms with Gasteiger partial charge in [-0.2, -0.15) is 0 Å². The van der Waals surface area contributed by atoms with E-state index in [1.165, 1.54) is 38.5 Å². The van der Waals surface area contributed by atoms with Gasteiger partial charge in [0, 0.05) is 0 Å². The quantitative estimate of drug-likeness (QED) is 0.428. The van der Waals surface area contributed by atoms with Gasteiger partial charge in [-0.15, -0.1) is 6.58 Å². The highest BCUT2D eigenvalue weighted by Crippen LogP contribution is 2.09. The van der Waals surface area contributed by atoms with Crippen LogP contribution >= 0.6 is 0 Å². The third-order valence-electron chi connectivity index (χ3n) is 2.28. The van der Waals surface area contributed by atoms with Gasteiger partial charge >= 0.3 is 0 Å². The van der Waals surface area contributed by atoms with Crippen LogP contribution in [-0.4, -0.2) is 11.2 Å². The topological polar surface area (TPSA) is 20.2 Å². The molecule has 78 valence electrons. The zero-order chi connectivity index (χ0) is 9.94. The number of unbranched alkanes of at least 4 members (excludes halogenated alkanes) is 6. The summed E-state index contributed by atoms with van der Waals surface area (Å²) in [6.45, 7) is 5.56. The van der Waals surface area contributed by atoms with E-state index in [-0.39, 0.29) is 6.10 Å². The molecule has 0 bridgehead atoms. The molecule has 0 rings (SSSR count). The van der Waals surface area contributed by atoms with E-state index in [0.717, 1.165) is 12.8 Å². The maximum atomic E-state index is 9.01. The van der Waals surface area contributed by atoms with E-state index in [9.17, 15) is 0 Å². The highest BCUT2D eigenvalue weighted by Gasteiger charge is 1.95. The van der Waals surface area contributed by atoms with Crippen LogP contribution in [0.15, 0.2) is 12.7 Å². The Morgan fingerprint density at radius 1 is 1.08 bits per heavy atom. The van der Waals surface area contributed by atoms with Crippen LogP contribution in [0, 0.1) is 0 Å². The molecule has 0 aliphatic carbocycles. The molecule has 0 radical (unpaired) electrons. The Kier molecular flexibility index (Phi) is 9.56. The fourth-order valence-electron chi connectivity index (χ4n) is 1.44. The van der Waals surface area contributed by atoms with Crippen LogP contribution in [0.3, 0.4) is 0 Å². The van der Waals surface area contributed by atoms with Crippen molar-refractivity contribution in [3.63, 3.8) is 0 Å². The van der Waals surface area contributed by atoms with Crippen molar-refractivity contribution in [2.75, 3.05) is 0 Å². The van der Waals surface area contributed by atoms with E-state index in [0.29, 0.717) is 0 Å². The van der Waals surface area contributed by atoms with Crippen molar-refractivity contribution in [2.45, 2.75) is 64.4 Å². The normalized spacial score (nSPS) is 12.8. The lowest BCUT2D eigenvalue weighted by molar-refractivity contribution is 0.180. The molecule has 0 aliphatic heterocycles. The first kappa shape index (κ1) is 12.7. The van der Waals surface area contributed by atoms with Gasteiger partial charge in [0.2, 0.25) is 0 Å². The highest BCUT2D eigenvalue weighted by atomic mass is 16.3. The van der Waals surface area contributed by atoms with Gasteiger partial charge in [0.15, 0.2) is 0 Å². The van der Waals surface area contributed by atoms with Gasteiger partial charge < -0.3 is 5.11 Å². The van der Waals surface area contributed by atoms with E-state index in [1.807, 2.05) is 13.0 Å². The summed E-state index contributed by atoms with van der Waals surface area (Å²) in [6, 6.07) is 0. The van der Waals surface area contributed by atoms with Gasteiger partial charge in [-0.25, -0.2) is 0 Å². The fourth-order valence-corrected chi connectivity index (χ4v) is 1.44. The molecule has 0 aromatic rings. The summed E-state index contributed by atoms with van der Waals surface area (Å²) in [5.74, 6) is 0. The first-order valence-electron chi connectivity index (χ1n) is 5.56. The molecular weight excluding hydrogens is 160 g/mol. The molecule has 0 fully saturated rings. The molecule has 0 amide bonds. The highest BCUT2D eigenvalue weighted by molar-refractivity contribution is 4.65. The smallest absolute Gasteiger partial charge is 0.0512 e. The molecular formula is C12H24O. The second-order valence-electron chi connectivity index (χ2n) is 3.84. The average Bonchev–Trinajstić information content (AvgIpc) is 2.09. The minimum absolute atomic E-state index is 0.110. The zero-order valence-electron chi connectivity index (χ0n) is 8.97. The first-order chi connectivity index (χ1) is 6.27. The van der Waals surface area contributed by atoms with Gasteiger partial charge in [0.1, 0.15) is 0 Å². The molecule has 13 heavy (non-hydrogen) atoms. The SMILES string of the molecule is C=CCCCCCCCC[C@H](C)O. The number of aliphatic hydroxyl groups is 1. The van der Waals surface area contributed by atoms with Crippen molar-refractivity contribution < 1.29 is 5.11 Å². The van der Waals surface area contributed by atoms with Crippen LogP contribution < -0.4 is 0 Å². The van der Waals surface area contributed by atoms with Gasteiger partial charge in [-0.05, 0) is 26.2 Å². The molecule has 1 nitrogen and oxygen atoms in total. The number of hydrogen-bond donors (Lipinski definition) is 1. The Hall–Kier alpha value is -0.300. The van der Waals surface area contributed by atoms with Crippen LogP contribution in [0.4, 0.5) is 0 Å². The largest absolute Gasteiger partial charge is 0.393 e. The van der Waals surface area contributed by atoms with E-state index >= 15 is 0 Å². The van der Waals surface area contributed by atoms with Crippen LogP contribution in [0.2, 0.25) is 0 Å². The molecule has 0 spiro atoms. The number of hydrogen-bond acceptors (Lipinski definition) is 1. The van der Waals surface area contributed by atoms with Crippen LogP contribution in [0.1, 0.15) is 58.3 Å². The molecule has 0 saturated carbocycles. The second-order valence-corrected chi connectivity index (χ2v) is 3.84. The molecule has 1 N–H and O–H groups in total. The van der Waals surface area contributed by atoms with Gasteiger partial charge in [0.05, 0.1) is 6.10 Å². The molecule has 0 saturated heterocycles. The van der Waals surface area contributed by atoms with Crippen LogP contribution in [0.5, 0.6) is 0 Å². The Bertz CT molecular complexity index is 108. The summed E-state index contributed by atoms with van der Waals surface area (Å²) in [5.41, 5.74) is 0. The van der Waals surface area contributed by atoms with Crippen molar-refractivity contribution >= 4 is 0 Å². The maximum absolute atomic E-state index is 9.01. The summed E-state index contributed by atoms with van der Waals surface area (Å²) in [6.07, 6.45) is 11.8. The predicted octanol–water partition coefficient (Wildman–Crippen LogP) is 3.67. The lowest BCUT2D eigenvalue weighted by atomic mass is 10.1. The minimum atomic E-state index is -0.110. The van der Waals surface area contributed by atoms with E-state index in [4.69, 9.17) is 5.11 Å². The number of rotatable bonds is 9. The zero-order valence-corrected chi connectivity index (χ0v) is 8.97. The van der Waals surface area contributed by atoms with Crippen molar-refractivity contribution in [3.05, 3.63) is 12.7 Å². The van der Waals surface area contributed by atoms with Crippen molar-refractivity contribution in [2.24, 2.45) is 0 Å². The van der Waals surface area contributed by atoms with E-state index in [2.05, 4.69) is 6.58 Å². The monoisotopic (exact) mass is 184 g/mol. The van der Waals surface area contributed by atoms with Crippen LogP contribution in [-0.2, 0) is 0 Å². The molecule has 0 aromatic carbocycles. The summed E-state index contributed by atoms with van der Waals surface area (Å²) in [4.78, 5) is 0. The average molecular weight is 184 g/mol. The Balaban J connectivity index is 2.87. The number of allylic oxidation sites excluding steroid dienone is 1. The summed E-state index contributed by atoms with van der Waals surface area (Å²) in [7, 11) is 0. The molecule has 0 unspecified atom stereocenters. The Morgan fingerprint density at radius 3 is 2.15 bits per heavy atom. The predicted molar refractivity (Wildman–Crippen MR) is 58.8 cm³/mol. The van der Waals surface area contributed by atoms with Gasteiger partial charge in [-0.3, -0.25) is 0 Å². The summed E-state index contributed by atoms with van der Waals surface area (Å²) >= 11 is 0. The van der Waals surface area contributed by atoms with Gasteiger partial charge in [0.25, 0.3) is 0 Å². The van der Waals surface area contributed by atoms with Crippen LogP contribution in [0.25, 0.3) is 0 Å². The summed E-state index contributed by atoms with van der Waals surface area (Å²) in [5, 5.41) is 9.01. The van der Waals surface area contributed by atoms with E-state index in [1.54, 1.807) is 0 Å². The van der Waals surface area contributed by atoms with Gasteiger partial charge in [-0.1, -0.05) is 38.2 Å². The minimum Gasteiger partial charge on any atom is -0.393 e. The van der Waals surface area contributed by atoms with Crippen molar-refractivity contribution in [1.29, 1.82) is 0 Å². The second kappa shape index (κ2) is 9.79. The lowest BCUT2D eigenvalue weighted by Crippen LogP contribution is -1.98. The Labute approximate surface area is 82.9 Å². The molecule has 0 aliphatic rings. The maximum Gasteiger partial charge on any atom is 0.0512 e. The third kappa shape index (κ3) is 11.7.